The maximum atomic E-state index is 12.1. The molecule has 1 N–H and O–H groups in total. The average molecular weight is 354 g/mol. The van der Waals surface area contributed by atoms with E-state index in [9.17, 15) is 9.59 Å². The van der Waals surface area contributed by atoms with Gasteiger partial charge in [-0.15, -0.1) is 0 Å². The van der Waals surface area contributed by atoms with E-state index >= 15 is 0 Å². The summed E-state index contributed by atoms with van der Waals surface area (Å²) in [6, 6.07) is 7.75. The van der Waals surface area contributed by atoms with E-state index in [1.54, 1.807) is 0 Å². The van der Waals surface area contributed by atoms with Crippen molar-refractivity contribution < 1.29 is 26.7 Å². The highest BCUT2D eigenvalue weighted by Crippen LogP contribution is 2.18. The molecule has 1 aromatic carbocycles. The first-order valence-electron chi connectivity index (χ1n) is 8.34. The van der Waals surface area contributed by atoms with Gasteiger partial charge in [-0.3, -0.25) is 9.59 Å². The highest BCUT2D eigenvalue weighted by Gasteiger charge is 2.26. The van der Waals surface area contributed by atoms with Crippen LogP contribution in [0.4, 0.5) is 5.69 Å². The van der Waals surface area contributed by atoms with Gasteiger partial charge in [0, 0.05) is 25.2 Å². The average Bonchev–Trinajstić information content (AvgIpc) is 2.56. The molecule has 0 aromatic heterocycles. The predicted octanol–water partition coefficient (Wildman–Crippen LogP) is -0.397. The quantitative estimate of drug-likeness (QED) is 0.707. The summed E-state index contributed by atoms with van der Waals surface area (Å²) in [5, 5.41) is 2.95. The molecule has 1 amide bonds. The number of rotatable bonds is 6. The molecule has 0 aliphatic carbocycles. The van der Waals surface area contributed by atoms with Crippen LogP contribution in [0.15, 0.2) is 24.3 Å². The van der Waals surface area contributed by atoms with Crippen molar-refractivity contribution in [2.75, 3.05) is 31.6 Å². The molecular weight excluding hydrogens is 328 g/mol. The van der Waals surface area contributed by atoms with Crippen molar-refractivity contribution in [2.45, 2.75) is 33.1 Å². The third-order valence-corrected chi connectivity index (χ3v) is 4.20. The van der Waals surface area contributed by atoms with Crippen LogP contribution in [0.1, 0.15) is 31.7 Å². The van der Waals surface area contributed by atoms with Gasteiger partial charge in [-0.1, -0.05) is 18.2 Å². The number of esters is 1. The number of para-hydroxylation sites is 1. The minimum Gasteiger partial charge on any atom is -1.00 e. The summed E-state index contributed by atoms with van der Waals surface area (Å²) in [4.78, 5) is 26.1. The zero-order valence-electron chi connectivity index (χ0n) is 14.4. The van der Waals surface area contributed by atoms with Crippen LogP contribution in [0.3, 0.4) is 0 Å². The van der Waals surface area contributed by atoms with E-state index in [1.165, 1.54) is 0 Å². The molecule has 1 saturated heterocycles. The first kappa shape index (κ1) is 20.5. The molecule has 0 spiro atoms. The van der Waals surface area contributed by atoms with Crippen molar-refractivity contribution in [2.24, 2.45) is 5.92 Å². The number of anilines is 1. The number of nitrogens with zero attached hydrogens (tertiary/aromatic N) is 1. The lowest BCUT2D eigenvalue weighted by atomic mass is 9.98. The number of amides is 1. The first-order valence-corrected chi connectivity index (χ1v) is 8.34. The Kier molecular flexibility index (Phi) is 8.79. The van der Waals surface area contributed by atoms with Crippen LogP contribution in [0.25, 0.3) is 0 Å². The molecule has 2 rings (SSSR count). The Balaban J connectivity index is 0.00000288. The number of likely N-dealkylation sites (tertiary alicyclic amines) is 1. The summed E-state index contributed by atoms with van der Waals surface area (Å²) in [6.45, 7) is 6.53. The van der Waals surface area contributed by atoms with Crippen LogP contribution in [0, 0.1) is 12.8 Å². The Bertz CT molecular complexity index is 551. The number of aryl methyl sites for hydroxylation is 1. The molecule has 24 heavy (non-hydrogen) atoms. The predicted molar refractivity (Wildman–Crippen MR) is 90.2 cm³/mol. The van der Waals surface area contributed by atoms with Crippen molar-refractivity contribution in [1.29, 1.82) is 0 Å². The van der Waals surface area contributed by atoms with Gasteiger partial charge in [0.15, 0.2) is 0 Å². The van der Waals surface area contributed by atoms with E-state index in [-0.39, 0.29) is 30.2 Å². The summed E-state index contributed by atoms with van der Waals surface area (Å²) in [7, 11) is 0. The molecule has 134 valence electrons. The number of nitrogens with one attached hydrogen (secondary N) is 1. The standard InChI is InChI=1S/C18H26N2O3.ClH/c1-3-23-18(22)15-8-6-11-20(13-15)12-10-17(21)19-16-9-5-4-7-14(16)2;/h4-5,7,9,15H,3,6,8,10-13H2,1-2H3,(H,19,21);1H/p-1. The number of hydrogen-bond acceptors (Lipinski definition) is 4. The first-order chi connectivity index (χ1) is 11.1. The molecule has 1 unspecified atom stereocenters. The topological polar surface area (TPSA) is 58.6 Å². The van der Waals surface area contributed by atoms with Crippen molar-refractivity contribution >= 4 is 17.6 Å². The Morgan fingerprint density at radius 2 is 2.08 bits per heavy atom. The van der Waals surface area contributed by atoms with E-state index < -0.39 is 0 Å². The Hall–Kier alpha value is -1.59. The SMILES string of the molecule is CCOC(=O)C1CCCN(CCC(=O)Nc2ccccc2C)C1.[Cl-]. The minimum absolute atomic E-state index is 0. The maximum Gasteiger partial charge on any atom is 0.310 e. The fraction of sp³-hybridized carbons (Fsp3) is 0.556. The van der Waals surface area contributed by atoms with Crippen molar-refractivity contribution in [3.8, 4) is 0 Å². The summed E-state index contributed by atoms with van der Waals surface area (Å²) in [5.74, 6) is -0.151. The van der Waals surface area contributed by atoms with Gasteiger partial charge >= 0.3 is 5.97 Å². The van der Waals surface area contributed by atoms with E-state index in [4.69, 9.17) is 4.74 Å². The Labute approximate surface area is 150 Å². The summed E-state index contributed by atoms with van der Waals surface area (Å²) in [6.07, 6.45) is 2.29. The molecule has 1 aliphatic rings. The largest absolute Gasteiger partial charge is 1.00 e. The maximum absolute atomic E-state index is 12.1. The van der Waals surface area contributed by atoms with Gasteiger partial charge in [-0.05, 0) is 44.9 Å². The molecule has 0 bridgehead atoms. The van der Waals surface area contributed by atoms with E-state index in [1.807, 2.05) is 38.1 Å². The van der Waals surface area contributed by atoms with Gasteiger partial charge in [0.1, 0.15) is 0 Å². The molecule has 1 atom stereocenters. The monoisotopic (exact) mass is 353 g/mol. The lowest BCUT2D eigenvalue weighted by Gasteiger charge is -2.31. The van der Waals surface area contributed by atoms with Gasteiger partial charge < -0.3 is 27.4 Å². The zero-order chi connectivity index (χ0) is 16.7. The lowest BCUT2D eigenvalue weighted by molar-refractivity contribution is -0.149. The number of benzene rings is 1. The van der Waals surface area contributed by atoms with Gasteiger partial charge in [0.2, 0.25) is 5.91 Å². The second-order valence-corrected chi connectivity index (χ2v) is 6.00. The lowest BCUT2D eigenvalue weighted by Crippen LogP contribution is -3.00. The van der Waals surface area contributed by atoms with E-state index in [0.29, 0.717) is 26.1 Å². The summed E-state index contributed by atoms with van der Waals surface area (Å²) in [5.41, 5.74) is 1.92. The molecule has 5 nitrogen and oxygen atoms in total. The van der Waals surface area contributed by atoms with Crippen molar-refractivity contribution in [3.05, 3.63) is 29.8 Å². The number of carbonyl (C=O) groups is 2. The smallest absolute Gasteiger partial charge is 0.310 e. The Morgan fingerprint density at radius 1 is 1.33 bits per heavy atom. The molecule has 6 heteroatoms. The van der Waals surface area contributed by atoms with Crippen molar-refractivity contribution in [3.63, 3.8) is 0 Å². The Morgan fingerprint density at radius 3 is 2.79 bits per heavy atom. The third kappa shape index (κ3) is 6.13. The third-order valence-electron chi connectivity index (χ3n) is 4.20. The highest BCUT2D eigenvalue weighted by molar-refractivity contribution is 5.91. The number of piperidine rings is 1. The molecule has 1 heterocycles. The number of ether oxygens (including phenoxy) is 1. The number of hydrogen-bond donors (Lipinski definition) is 1. The molecule has 0 radical (unpaired) electrons. The van der Waals surface area contributed by atoms with Gasteiger partial charge in [0.05, 0.1) is 12.5 Å². The minimum atomic E-state index is -0.110. The van der Waals surface area contributed by atoms with Crippen LogP contribution in [-0.4, -0.2) is 43.0 Å². The van der Waals surface area contributed by atoms with Crippen LogP contribution >= 0.6 is 0 Å². The molecule has 1 aliphatic heterocycles. The van der Waals surface area contributed by atoms with Gasteiger partial charge in [0.25, 0.3) is 0 Å². The fourth-order valence-electron chi connectivity index (χ4n) is 2.90. The van der Waals surface area contributed by atoms with Gasteiger partial charge in [-0.2, -0.15) is 0 Å². The second-order valence-electron chi connectivity index (χ2n) is 6.00. The molecule has 1 fully saturated rings. The number of halogens is 1. The van der Waals surface area contributed by atoms with Gasteiger partial charge in [-0.25, -0.2) is 0 Å². The second kappa shape index (κ2) is 10.3. The van der Waals surface area contributed by atoms with Crippen molar-refractivity contribution in [1.82, 2.24) is 4.90 Å². The fourth-order valence-corrected chi connectivity index (χ4v) is 2.90. The zero-order valence-corrected chi connectivity index (χ0v) is 15.1. The van der Waals surface area contributed by atoms with Crippen LogP contribution in [-0.2, 0) is 14.3 Å². The van der Waals surface area contributed by atoms with Crippen LogP contribution < -0.4 is 17.7 Å². The van der Waals surface area contributed by atoms with Crippen LogP contribution in [0.5, 0.6) is 0 Å². The summed E-state index contributed by atoms with van der Waals surface area (Å²) >= 11 is 0. The molecule has 0 saturated carbocycles. The van der Waals surface area contributed by atoms with E-state index in [2.05, 4.69) is 10.2 Å². The normalized spacial score (nSPS) is 17.7. The van der Waals surface area contributed by atoms with E-state index in [0.717, 1.165) is 30.6 Å². The molecule has 1 aromatic rings. The number of carbonyl (C=O) groups excluding carboxylic acids is 2. The highest BCUT2D eigenvalue weighted by atomic mass is 35.5. The van der Waals surface area contributed by atoms with Crippen LogP contribution in [0.2, 0.25) is 0 Å². The molecular formula is C18H26ClN2O3-. The summed E-state index contributed by atoms with van der Waals surface area (Å²) < 4.78 is 5.10.